The summed E-state index contributed by atoms with van der Waals surface area (Å²) in [4.78, 5) is 37.8. The van der Waals surface area contributed by atoms with Crippen molar-refractivity contribution in [3.63, 3.8) is 0 Å². The minimum Gasteiger partial charge on any atom is -0.375 e. The molecule has 0 radical (unpaired) electrons. The van der Waals surface area contributed by atoms with E-state index in [4.69, 9.17) is 0 Å². The molecule has 0 aliphatic carbocycles. The Hall–Kier alpha value is -2.41. The highest BCUT2D eigenvalue weighted by molar-refractivity contribution is 5.88. The number of amides is 3. The monoisotopic (exact) mass is 348 g/mol. The summed E-state index contributed by atoms with van der Waals surface area (Å²) in [5.41, 5.74) is 0. The summed E-state index contributed by atoms with van der Waals surface area (Å²) >= 11 is 0. The van der Waals surface area contributed by atoms with Crippen LogP contribution in [0.5, 0.6) is 0 Å². The molecule has 1 unspecified atom stereocenters. The van der Waals surface area contributed by atoms with Gasteiger partial charge in [0.25, 0.3) is 0 Å². The summed E-state index contributed by atoms with van der Waals surface area (Å²) in [5, 5.41) is 5.38. The van der Waals surface area contributed by atoms with E-state index in [-0.39, 0.29) is 24.3 Å². The SMILES string of the molecule is C=CCN(C(=O)/C=C/C=C/N1CCNCC1)C(C)CCC(=O)NC=O. The van der Waals surface area contributed by atoms with Crippen LogP contribution in [0, 0.1) is 0 Å². The van der Waals surface area contributed by atoms with Gasteiger partial charge >= 0.3 is 0 Å². The number of nitrogens with zero attached hydrogens (tertiary/aromatic N) is 2. The van der Waals surface area contributed by atoms with Gasteiger partial charge in [0.2, 0.25) is 18.2 Å². The maximum Gasteiger partial charge on any atom is 0.247 e. The summed E-state index contributed by atoms with van der Waals surface area (Å²) in [5.74, 6) is -0.476. The van der Waals surface area contributed by atoms with Crippen LogP contribution in [0.25, 0.3) is 0 Å². The first kappa shape index (κ1) is 20.6. The Balaban J connectivity index is 2.51. The fourth-order valence-corrected chi connectivity index (χ4v) is 2.50. The van der Waals surface area contributed by atoms with Gasteiger partial charge < -0.3 is 15.1 Å². The van der Waals surface area contributed by atoms with Gasteiger partial charge in [-0.15, -0.1) is 6.58 Å². The molecule has 0 aromatic rings. The molecule has 0 saturated carbocycles. The fourth-order valence-electron chi connectivity index (χ4n) is 2.50. The Morgan fingerprint density at radius 3 is 2.68 bits per heavy atom. The van der Waals surface area contributed by atoms with E-state index in [1.54, 1.807) is 17.1 Å². The van der Waals surface area contributed by atoms with E-state index < -0.39 is 0 Å². The van der Waals surface area contributed by atoms with Crippen LogP contribution in [0.15, 0.2) is 37.1 Å². The molecule has 1 aliphatic rings. The second-order valence-corrected chi connectivity index (χ2v) is 5.84. The molecule has 2 N–H and O–H groups in total. The zero-order valence-corrected chi connectivity index (χ0v) is 14.8. The molecule has 1 fully saturated rings. The highest BCUT2D eigenvalue weighted by Crippen LogP contribution is 2.08. The molecule has 1 rings (SSSR count). The third-order valence-corrected chi connectivity index (χ3v) is 3.95. The van der Waals surface area contributed by atoms with E-state index in [9.17, 15) is 14.4 Å². The largest absolute Gasteiger partial charge is 0.375 e. The van der Waals surface area contributed by atoms with E-state index in [0.29, 0.717) is 19.4 Å². The van der Waals surface area contributed by atoms with Crippen molar-refractivity contribution in [1.29, 1.82) is 0 Å². The van der Waals surface area contributed by atoms with Crippen LogP contribution in [-0.2, 0) is 14.4 Å². The Bertz CT molecular complexity index is 510. The number of carbonyl (C=O) groups is 3. The average Bonchev–Trinajstić information content (AvgIpc) is 2.62. The molecule has 1 heterocycles. The predicted octanol–water partition coefficient (Wildman–Crippen LogP) is 0.417. The lowest BCUT2D eigenvalue weighted by Gasteiger charge is -2.27. The normalized spacial score (nSPS) is 16.0. The van der Waals surface area contributed by atoms with Gasteiger partial charge in [0.15, 0.2) is 0 Å². The second-order valence-electron chi connectivity index (χ2n) is 5.84. The van der Waals surface area contributed by atoms with Crippen LogP contribution in [0.4, 0.5) is 0 Å². The molecule has 1 saturated heterocycles. The summed E-state index contributed by atoms with van der Waals surface area (Å²) in [6, 6.07) is -0.135. The second kappa shape index (κ2) is 12.0. The van der Waals surface area contributed by atoms with Crippen LogP contribution in [-0.4, -0.2) is 66.8 Å². The zero-order chi connectivity index (χ0) is 18.5. The number of piperazine rings is 1. The molecular formula is C18H28N4O3. The first-order valence-corrected chi connectivity index (χ1v) is 8.52. The Kier molecular flexibility index (Phi) is 9.92. The van der Waals surface area contributed by atoms with Gasteiger partial charge in [0.1, 0.15) is 0 Å². The smallest absolute Gasteiger partial charge is 0.247 e. The quantitative estimate of drug-likeness (QED) is 0.259. The zero-order valence-electron chi connectivity index (χ0n) is 14.8. The van der Waals surface area contributed by atoms with Crippen molar-refractivity contribution in [3.05, 3.63) is 37.1 Å². The summed E-state index contributed by atoms with van der Waals surface area (Å²) in [6.45, 7) is 9.81. The van der Waals surface area contributed by atoms with Gasteiger partial charge in [-0.2, -0.15) is 0 Å². The molecule has 0 aromatic heterocycles. The Morgan fingerprint density at radius 1 is 1.32 bits per heavy atom. The number of hydrogen-bond donors (Lipinski definition) is 2. The topological polar surface area (TPSA) is 81.8 Å². The summed E-state index contributed by atoms with van der Waals surface area (Å²) in [6.07, 6.45) is 9.78. The van der Waals surface area contributed by atoms with E-state index in [2.05, 4.69) is 22.1 Å². The lowest BCUT2D eigenvalue weighted by Crippen LogP contribution is -2.40. The Labute approximate surface area is 149 Å². The van der Waals surface area contributed by atoms with Crippen molar-refractivity contribution in [2.24, 2.45) is 0 Å². The molecule has 25 heavy (non-hydrogen) atoms. The van der Waals surface area contributed by atoms with Crippen molar-refractivity contribution < 1.29 is 14.4 Å². The molecule has 1 atom stereocenters. The molecule has 138 valence electrons. The maximum atomic E-state index is 12.4. The third kappa shape index (κ3) is 8.30. The van der Waals surface area contributed by atoms with Gasteiger partial charge in [-0.3, -0.25) is 19.7 Å². The molecule has 7 nitrogen and oxygen atoms in total. The van der Waals surface area contributed by atoms with E-state index in [0.717, 1.165) is 26.2 Å². The lowest BCUT2D eigenvalue weighted by molar-refractivity contribution is -0.129. The van der Waals surface area contributed by atoms with Crippen LogP contribution in [0.3, 0.4) is 0 Å². The van der Waals surface area contributed by atoms with Crippen molar-refractivity contribution >= 4 is 18.2 Å². The number of imide groups is 1. The third-order valence-electron chi connectivity index (χ3n) is 3.95. The average molecular weight is 348 g/mol. The minimum absolute atomic E-state index is 0.131. The standard InChI is InChI=1S/C18H28N4O3/c1-3-11-22(16(2)7-8-17(24)20-15-23)18(25)6-4-5-12-21-13-9-19-10-14-21/h3-6,12,15-16,19H,1,7-11,13-14H2,2H3,(H,20,23,24)/b6-4+,12-5+. The van der Waals surface area contributed by atoms with Crippen LogP contribution in [0.2, 0.25) is 0 Å². The van der Waals surface area contributed by atoms with E-state index in [1.807, 2.05) is 19.2 Å². The van der Waals surface area contributed by atoms with Crippen molar-refractivity contribution in [1.82, 2.24) is 20.4 Å². The number of rotatable bonds is 10. The van der Waals surface area contributed by atoms with Gasteiger partial charge in [0.05, 0.1) is 0 Å². The number of nitrogens with one attached hydrogen (secondary N) is 2. The first-order valence-electron chi connectivity index (χ1n) is 8.52. The molecule has 0 bridgehead atoms. The van der Waals surface area contributed by atoms with Crippen LogP contribution < -0.4 is 10.6 Å². The van der Waals surface area contributed by atoms with E-state index in [1.165, 1.54) is 6.08 Å². The van der Waals surface area contributed by atoms with Crippen molar-refractivity contribution in [2.75, 3.05) is 32.7 Å². The van der Waals surface area contributed by atoms with Crippen molar-refractivity contribution in [3.8, 4) is 0 Å². The van der Waals surface area contributed by atoms with Crippen LogP contribution in [0.1, 0.15) is 19.8 Å². The first-order chi connectivity index (χ1) is 12.1. The predicted molar refractivity (Wildman–Crippen MR) is 97.5 cm³/mol. The molecule has 0 spiro atoms. The maximum absolute atomic E-state index is 12.4. The summed E-state index contributed by atoms with van der Waals surface area (Å²) < 4.78 is 0. The molecular weight excluding hydrogens is 320 g/mol. The van der Waals surface area contributed by atoms with Gasteiger partial charge in [-0.25, -0.2) is 0 Å². The van der Waals surface area contributed by atoms with Gasteiger partial charge in [0, 0.05) is 51.3 Å². The molecule has 7 heteroatoms. The van der Waals surface area contributed by atoms with Crippen molar-refractivity contribution in [2.45, 2.75) is 25.8 Å². The number of hydrogen-bond acceptors (Lipinski definition) is 5. The molecule has 1 aliphatic heterocycles. The van der Waals surface area contributed by atoms with E-state index >= 15 is 0 Å². The Morgan fingerprint density at radius 2 is 2.04 bits per heavy atom. The summed E-state index contributed by atoms with van der Waals surface area (Å²) in [7, 11) is 0. The lowest BCUT2D eigenvalue weighted by atomic mass is 10.1. The highest BCUT2D eigenvalue weighted by atomic mass is 16.2. The number of allylic oxidation sites excluding steroid dienone is 2. The molecule has 0 aromatic carbocycles. The van der Waals surface area contributed by atoms with Crippen LogP contribution >= 0.6 is 0 Å². The molecule has 3 amide bonds. The highest BCUT2D eigenvalue weighted by Gasteiger charge is 2.17. The fraction of sp³-hybridized carbons (Fsp3) is 0.500. The number of carbonyl (C=O) groups excluding carboxylic acids is 3. The van der Waals surface area contributed by atoms with Gasteiger partial charge in [-0.1, -0.05) is 12.2 Å². The van der Waals surface area contributed by atoms with Gasteiger partial charge in [-0.05, 0) is 25.6 Å². The minimum atomic E-state index is -0.345.